The summed E-state index contributed by atoms with van der Waals surface area (Å²) in [5.41, 5.74) is 1.18. The molecule has 5 nitrogen and oxygen atoms in total. The van der Waals surface area contributed by atoms with Crippen LogP contribution in [0.15, 0.2) is 17.8 Å². The van der Waals surface area contributed by atoms with Crippen molar-refractivity contribution in [2.45, 2.75) is 39.6 Å². The second kappa shape index (κ2) is 6.03. The average Bonchev–Trinajstić information content (AvgIpc) is 3.09. The van der Waals surface area contributed by atoms with Crippen LogP contribution in [-0.4, -0.2) is 32.6 Å². The highest BCUT2D eigenvalue weighted by Crippen LogP contribution is 2.27. The lowest BCUT2D eigenvalue weighted by atomic mass is 10.2. The Morgan fingerprint density at radius 2 is 2.30 bits per heavy atom. The predicted molar refractivity (Wildman–Crippen MR) is 78.5 cm³/mol. The van der Waals surface area contributed by atoms with E-state index in [9.17, 15) is 0 Å². The Balaban J connectivity index is 1.74. The topological polar surface area (TPSA) is 43.2 Å². The van der Waals surface area contributed by atoms with Crippen molar-refractivity contribution in [2.75, 3.05) is 13.2 Å². The third-order valence-electron chi connectivity index (χ3n) is 3.78. The van der Waals surface area contributed by atoms with Crippen molar-refractivity contribution >= 4 is 11.3 Å². The summed E-state index contributed by atoms with van der Waals surface area (Å²) in [6.07, 6.45) is 3.82. The van der Waals surface area contributed by atoms with Gasteiger partial charge >= 0.3 is 0 Å². The third kappa shape index (κ3) is 2.63. The van der Waals surface area contributed by atoms with E-state index >= 15 is 0 Å². The highest BCUT2D eigenvalue weighted by Gasteiger charge is 2.27. The maximum Gasteiger partial charge on any atom is 0.126 e. The van der Waals surface area contributed by atoms with Crippen LogP contribution >= 0.6 is 11.3 Å². The molecule has 0 unspecified atom stereocenters. The number of fused-ring (bicyclic) bond motifs is 1. The molecule has 108 valence electrons. The van der Waals surface area contributed by atoms with Gasteiger partial charge in [0.05, 0.1) is 31.1 Å². The first-order chi connectivity index (χ1) is 9.79. The van der Waals surface area contributed by atoms with Crippen molar-refractivity contribution in [3.8, 4) is 0 Å². The molecule has 0 aliphatic carbocycles. The van der Waals surface area contributed by atoms with E-state index in [-0.39, 0.29) is 0 Å². The molecule has 20 heavy (non-hydrogen) atoms. The molecule has 0 amide bonds. The maximum absolute atomic E-state index is 5.51. The summed E-state index contributed by atoms with van der Waals surface area (Å²) in [5, 5.41) is 3.21. The number of imidazole rings is 1. The van der Waals surface area contributed by atoms with Crippen LogP contribution in [-0.2, 0) is 24.4 Å². The Morgan fingerprint density at radius 3 is 3.05 bits per heavy atom. The molecule has 1 aliphatic heterocycles. The van der Waals surface area contributed by atoms with E-state index in [0.717, 1.165) is 32.1 Å². The van der Waals surface area contributed by atoms with Crippen molar-refractivity contribution in [2.24, 2.45) is 0 Å². The first-order valence-electron chi connectivity index (χ1n) is 7.04. The highest BCUT2D eigenvalue weighted by molar-refractivity contribution is 7.09. The van der Waals surface area contributed by atoms with E-state index in [1.807, 2.05) is 24.7 Å². The fraction of sp³-hybridized carbons (Fsp3) is 0.571. The van der Waals surface area contributed by atoms with Gasteiger partial charge < -0.3 is 9.30 Å². The lowest BCUT2D eigenvalue weighted by Gasteiger charge is -2.33. The Bertz CT molecular complexity index is 552. The number of ether oxygens (including phenoxy) is 1. The highest BCUT2D eigenvalue weighted by atomic mass is 32.1. The van der Waals surface area contributed by atoms with Gasteiger partial charge in [0.25, 0.3) is 0 Å². The summed E-state index contributed by atoms with van der Waals surface area (Å²) in [7, 11) is 0. The quantitative estimate of drug-likeness (QED) is 0.849. The molecular weight excluding hydrogens is 272 g/mol. The summed E-state index contributed by atoms with van der Waals surface area (Å²) in [5.74, 6) is 1.14. The van der Waals surface area contributed by atoms with Gasteiger partial charge in [0.1, 0.15) is 10.8 Å². The van der Waals surface area contributed by atoms with Crippen molar-refractivity contribution in [3.05, 3.63) is 34.3 Å². The largest absolute Gasteiger partial charge is 0.375 e. The van der Waals surface area contributed by atoms with Gasteiger partial charge in [-0.05, 0) is 13.8 Å². The molecule has 2 aromatic rings. The molecule has 0 spiro atoms. The Hall–Kier alpha value is -1.24. The fourth-order valence-electron chi connectivity index (χ4n) is 2.65. The Labute approximate surface area is 123 Å². The molecule has 3 rings (SSSR count). The van der Waals surface area contributed by atoms with E-state index in [4.69, 9.17) is 4.74 Å². The Kier molecular flexibility index (Phi) is 4.14. The van der Waals surface area contributed by atoms with Crippen LogP contribution in [0.3, 0.4) is 0 Å². The molecule has 0 aromatic carbocycles. The van der Waals surface area contributed by atoms with Crippen molar-refractivity contribution < 1.29 is 4.74 Å². The summed E-state index contributed by atoms with van der Waals surface area (Å²) in [6.45, 7) is 8.56. The number of hydrogen-bond donors (Lipinski definition) is 0. The normalized spacial score (nSPS) is 19.2. The molecule has 2 aromatic heterocycles. The van der Waals surface area contributed by atoms with Gasteiger partial charge in [-0.3, -0.25) is 4.90 Å². The molecule has 0 fully saturated rings. The van der Waals surface area contributed by atoms with Gasteiger partial charge in [0, 0.05) is 31.3 Å². The zero-order valence-electron chi connectivity index (χ0n) is 12.0. The molecule has 0 radical (unpaired) electrons. The monoisotopic (exact) mass is 292 g/mol. The zero-order valence-corrected chi connectivity index (χ0v) is 12.8. The predicted octanol–water partition coefficient (Wildman–Crippen LogP) is 2.45. The average molecular weight is 292 g/mol. The molecule has 1 aliphatic rings. The van der Waals surface area contributed by atoms with E-state index in [0.29, 0.717) is 12.6 Å². The number of rotatable bonds is 5. The smallest absolute Gasteiger partial charge is 0.126 e. The summed E-state index contributed by atoms with van der Waals surface area (Å²) in [6, 6.07) is 0.322. The van der Waals surface area contributed by atoms with Gasteiger partial charge in [0.15, 0.2) is 0 Å². The van der Waals surface area contributed by atoms with E-state index in [2.05, 4.69) is 26.4 Å². The fourth-order valence-corrected chi connectivity index (χ4v) is 3.29. The number of thiazole rings is 1. The molecule has 3 heterocycles. The van der Waals surface area contributed by atoms with Gasteiger partial charge in [-0.2, -0.15) is 0 Å². The molecular formula is C14H20N4OS. The first kappa shape index (κ1) is 13.7. The van der Waals surface area contributed by atoms with Gasteiger partial charge in [0.2, 0.25) is 0 Å². The number of aromatic nitrogens is 3. The van der Waals surface area contributed by atoms with Crippen molar-refractivity contribution in [3.63, 3.8) is 0 Å². The minimum atomic E-state index is 0.322. The van der Waals surface area contributed by atoms with Crippen LogP contribution < -0.4 is 0 Å². The molecule has 6 heteroatoms. The molecule has 0 N–H and O–H groups in total. The molecule has 0 bridgehead atoms. The Morgan fingerprint density at radius 1 is 1.40 bits per heavy atom. The second-order valence-electron chi connectivity index (χ2n) is 4.97. The zero-order chi connectivity index (χ0) is 13.9. The summed E-state index contributed by atoms with van der Waals surface area (Å²) < 4.78 is 7.81. The third-order valence-corrected chi connectivity index (χ3v) is 4.54. The van der Waals surface area contributed by atoms with Crippen LogP contribution in [0.1, 0.15) is 36.4 Å². The van der Waals surface area contributed by atoms with Crippen LogP contribution in [0.4, 0.5) is 0 Å². The molecule has 0 saturated heterocycles. The lowest BCUT2D eigenvalue weighted by Crippen LogP contribution is -2.37. The van der Waals surface area contributed by atoms with Crippen LogP contribution in [0, 0.1) is 0 Å². The van der Waals surface area contributed by atoms with Gasteiger partial charge in [-0.25, -0.2) is 9.97 Å². The van der Waals surface area contributed by atoms with E-state index in [1.165, 1.54) is 10.7 Å². The SMILES string of the molecule is CCOCc1cnc2n1CCN(Cc1nccs1)[C@H]2C. The van der Waals surface area contributed by atoms with E-state index in [1.54, 1.807) is 11.3 Å². The second-order valence-corrected chi connectivity index (χ2v) is 5.95. The first-order valence-corrected chi connectivity index (χ1v) is 7.92. The summed E-state index contributed by atoms with van der Waals surface area (Å²) in [4.78, 5) is 11.4. The van der Waals surface area contributed by atoms with Gasteiger partial charge in [-0.15, -0.1) is 11.3 Å². The number of nitrogens with zero attached hydrogens (tertiary/aromatic N) is 4. The minimum Gasteiger partial charge on any atom is -0.375 e. The lowest BCUT2D eigenvalue weighted by molar-refractivity contribution is 0.119. The molecule has 0 saturated carbocycles. The van der Waals surface area contributed by atoms with E-state index < -0.39 is 0 Å². The van der Waals surface area contributed by atoms with Crippen LogP contribution in [0.25, 0.3) is 0 Å². The summed E-state index contributed by atoms with van der Waals surface area (Å²) >= 11 is 1.72. The number of hydrogen-bond acceptors (Lipinski definition) is 5. The minimum absolute atomic E-state index is 0.322. The van der Waals surface area contributed by atoms with Gasteiger partial charge in [-0.1, -0.05) is 0 Å². The van der Waals surface area contributed by atoms with Crippen LogP contribution in [0.5, 0.6) is 0 Å². The molecule has 1 atom stereocenters. The van der Waals surface area contributed by atoms with Crippen molar-refractivity contribution in [1.29, 1.82) is 0 Å². The van der Waals surface area contributed by atoms with Crippen molar-refractivity contribution in [1.82, 2.24) is 19.4 Å². The van der Waals surface area contributed by atoms with Crippen LogP contribution in [0.2, 0.25) is 0 Å². The maximum atomic E-state index is 5.51. The standard InChI is InChI=1S/C14H20N4OS/c1-3-19-10-12-8-16-14-11(2)17(5-6-18(12)14)9-13-15-4-7-20-13/h4,7-8,11H,3,5-6,9-10H2,1-2H3/t11-/m0/s1.